The van der Waals surface area contributed by atoms with Crippen LogP contribution >= 0.6 is 0 Å². The quantitative estimate of drug-likeness (QED) is 0.309. The molecule has 1 aromatic rings. The molecule has 0 saturated carbocycles. The molecule has 1 fully saturated rings. The zero-order valence-corrected chi connectivity index (χ0v) is 5.96. The molecular weight excluding hydrogens is 162 g/mol. The Morgan fingerprint density at radius 3 is 2.17 bits per heavy atom. The number of hydrogen-bond acceptors (Lipinski definition) is 8. The zero-order chi connectivity index (χ0) is 7.97. The summed E-state index contributed by atoms with van der Waals surface area (Å²) in [7, 11) is 0. The number of anilines is 2. The summed E-state index contributed by atoms with van der Waals surface area (Å²) in [6.07, 6.45) is 0.0915. The highest BCUT2D eigenvalue weighted by atomic mass is 16.6. The summed E-state index contributed by atoms with van der Waals surface area (Å²) in [5.41, 5.74) is 8.67. The molecule has 64 valence electrons. The predicted molar refractivity (Wildman–Crippen MR) is 38.5 cm³/mol. The molecule has 0 aliphatic carbocycles. The molecule has 0 aromatic carbocycles. The molecule has 2 aliphatic heterocycles. The summed E-state index contributed by atoms with van der Waals surface area (Å²) in [5, 5.41) is 13.5. The van der Waals surface area contributed by atoms with Gasteiger partial charge >= 0.3 is 0 Å². The summed E-state index contributed by atoms with van der Waals surface area (Å²) in [5.74, 6) is 1.24. The van der Waals surface area contributed by atoms with E-state index in [4.69, 9.17) is 0 Å². The van der Waals surface area contributed by atoms with E-state index in [9.17, 15) is 0 Å². The van der Waals surface area contributed by atoms with Crippen molar-refractivity contribution in [2.24, 2.45) is 0 Å². The SMILES string of the molecule is n1onc2c1NC1NNNC1N2. The summed E-state index contributed by atoms with van der Waals surface area (Å²) >= 11 is 0. The highest BCUT2D eigenvalue weighted by Gasteiger charge is 2.33. The van der Waals surface area contributed by atoms with Gasteiger partial charge in [-0.3, -0.25) is 0 Å². The average Bonchev–Trinajstić information content (AvgIpc) is 2.64. The third-order valence-electron chi connectivity index (χ3n) is 1.86. The molecule has 0 spiro atoms. The first-order valence-corrected chi connectivity index (χ1v) is 3.55. The van der Waals surface area contributed by atoms with Gasteiger partial charge < -0.3 is 10.6 Å². The summed E-state index contributed by atoms with van der Waals surface area (Å²) in [4.78, 5) is 0. The first kappa shape index (κ1) is 6.17. The van der Waals surface area contributed by atoms with Gasteiger partial charge in [-0.1, -0.05) is 0 Å². The fraction of sp³-hybridized carbons (Fsp3) is 0.500. The summed E-state index contributed by atoms with van der Waals surface area (Å²) in [6, 6.07) is 0. The molecule has 2 unspecified atom stereocenters. The van der Waals surface area contributed by atoms with E-state index in [1.54, 1.807) is 0 Å². The molecule has 0 amide bonds. The molecule has 5 N–H and O–H groups in total. The number of nitrogens with one attached hydrogen (secondary N) is 5. The number of hydrazine groups is 2. The average molecular weight is 169 g/mol. The van der Waals surface area contributed by atoms with Gasteiger partial charge in [-0.15, -0.1) is 0 Å². The monoisotopic (exact) mass is 169 g/mol. The van der Waals surface area contributed by atoms with E-state index in [0.29, 0.717) is 11.6 Å². The van der Waals surface area contributed by atoms with Crippen LogP contribution in [0.15, 0.2) is 4.63 Å². The normalized spacial score (nSPS) is 31.7. The van der Waals surface area contributed by atoms with Gasteiger partial charge in [0, 0.05) is 0 Å². The second-order valence-electron chi connectivity index (χ2n) is 2.62. The van der Waals surface area contributed by atoms with Crippen LogP contribution in [0, 0.1) is 0 Å². The predicted octanol–water partition coefficient (Wildman–Crippen LogP) is -1.83. The summed E-state index contributed by atoms with van der Waals surface area (Å²) in [6.45, 7) is 0. The van der Waals surface area contributed by atoms with Crippen molar-refractivity contribution in [1.29, 1.82) is 0 Å². The van der Waals surface area contributed by atoms with Crippen LogP contribution < -0.4 is 27.0 Å². The molecule has 0 bridgehead atoms. The van der Waals surface area contributed by atoms with Crippen LogP contribution in [-0.4, -0.2) is 22.6 Å². The Morgan fingerprint density at radius 2 is 1.58 bits per heavy atom. The van der Waals surface area contributed by atoms with Crippen molar-refractivity contribution in [3.05, 3.63) is 0 Å². The number of hydrogen-bond donors (Lipinski definition) is 5. The third-order valence-corrected chi connectivity index (χ3v) is 1.86. The van der Waals surface area contributed by atoms with Gasteiger partial charge in [0.15, 0.2) is 0 Å². The second kappa shape index (κ2) is 2.06. The van der Waals surface area contributed by atoms with Crippen molar-refractivity contribution in [2.75, 3.05) is 10.6 Å². The largest absolute Gasteiger partial charge is 0.345 e. The highest BCUT2D eigenvalue weighted by Crippen LogP contribution is 2.22. The molecule has 3 heterocycles. The molecule has 0 radical (unpaired) electrons. The minimum Gasteiger partial charge on any atom is -0.345 e. The van der Waals surface area contributed by atoms with Crippen LogP contribution in [0.1, 0.15) is 0 Å². The summed E-state index contributed by atoms with van der Waals surface area (Å²) < 4.78 is 4.53. The maximum atomic E-state index is 4.53. The van der Waals surface area contributed by atoms with Crippen molar-refractivity contribution in [3.8, 4) is 0 Å². The van der Waals surface area contributed by atoms with Gasteiger partial charge in [0.2, 0.25) is 11.6 Å². The van der Waals surface area contributed by atoms with E-state index < -0.39 is 0 Å². The van der Waals surface area contributed by atoms with E-state index in [-0.39, 0.29) is 12.3 Å². The Bertz CT molecular complexity index is 271. The van der Waals surface area contributed by atoms with Crippen LogP contribution in [-0.2, 0) is 0 Å². The Kier molecular flexibility index (Phi) is 1.06. The Balaban J connectivity index is 1.95. The lowest BCUT2D eigenvalue weighted by atomic mass is 10.3. The van der Waals surface area contributed by atoms with Gasteiger partial charge in [0.1, 0.15) is 12.3 Å². The topological polar surface area (TPSA) is 99.1 Å². The van der Waals surface area contributed by atoms with Crippen LogP contribution in [0.5, 0.6) is 0 Å². The van der Waals surface area contributed by atoms with Crippen LogP contribution in [0.25, 0.3) is 0 Å². The lowest BCUT2D eigenvalue weighted by Crippen LogP contribution is -2.48. The standard InChI is InChI=1S/C4H7N7O/c5-1-2(8-11-7-1)6-4-3(5)9-12-10-4/h1-2,7-8,11H,(H,5,9)(H,6,10). The van der Waals surface area contributed by atoms with Gasteiger partial charge in [-0.2, -0.15) is 5.53 Å². The van der Waals surface area contributed by atoms with Gasteiger partial charge in [0.25, 0.3) is 0 Å². The van der Waals surface area contributed by atoms with Crippen LogP contribution in [0.3, 0.4) is 0 Å². The van der Waals surface area contributed by atoms with Crippen molar-refractivity contribution < 1.29 is 4.63 Å². The van der Waals surface area contributed by atoms with E-state index in [1.807, 2.05) is 0 Å². The fourth-order valence-electron chi connectivity index (χ4n) is 1.28. The third kappa shape index (κ3) is 0.706. The Morgan fingerprint density at radius 1 is 1.00 bits per heavy atom. The zero-order valence-electron chi connectivity index (χ0n) is 5.96. The van der Waals surface area contributed by atoms with Crippen LogP contribution in [0.4, 0.5) is 11.6 Å². The molecule has 12 heavy (non-hydrogen) atoms. The number of nitrogens with zero attached hydrogens (tertiary/aromatic N) is 2. The van der Waals surface area contributed by atoms with Gasteiger partial charge in [0.05, 0.1) is 0 Å². The van der Waals surface area contributed by atoms with Gasteiger partial charge in [-0.25, -0.2) is 15.5 Å². The van der Waals surface area contributed by atoms with Crippen molar-refractivity contribution in [2.45, 2.75) is 12.3 Å². The van der Waals surface area contributed by atoms with E-state index in [1.165, 1.54) is 0 Å². The smallest absolute Gasteiger partial charge is 0.216 e. The number of rotatable bonds is 0. The lowest BCUT2D eigenvalue weighted by Gasteiger charge is -2.24. The van der Waals surface area contributed by atoms with Crippen molar-refractivity contribution in [3.63, 3.8) is 0 Å². The number of aromatic nitrogens is 2. The molecule has 3 rings (SSSR count). The molecule has 1 aromatic heterocycles. The van der Waals surface area contributed by atoms with Gasteiger partial charge in [-0.05, 0) is 10.3 Å². The first-order chi connectivity index (χ1) is 5.93. The molecule has 1 saturated heterocycles. The minimum absolute atomic E-state index is 0.0457. The van der Waals surface area contributed by atoms with E-state index >= 15 is 0 Å². The molecule has 2 aliphatic rings. The molecule has 8 heteroatoms. The lowest BCUT2D eigenvalue weighted by molar-refractivity contribution is 0.310. The first-order valence-electron chi connectivity index (χ1n) is 3.55. The fourth-order valence-corrected chi connectivity index (χ4v) is 1.28. The maximum Gasteiger partial charge on any atom is 0.216 e. The molecule has 2 atom stereocenters. The van der Waals surface area contributed by atoms with Crippen molar-refractivity contribution >= 4 is 11.6 Å². The Hall–Kier alpha value is -1.38. The van der Waals surface area contributed by atoms with Crippen molar-refractivity contribution in [1.82, 2.24) is 26.7 Å². The Labute approximate surface area is 67.0 Å². The van der Waals surface area contributed by atoms with Crippen LogP contribution in [0.2, 0.25) is 0 Å². The van der Waals surface area contributed by atoms with E-state index in [2.05, 4.69) is 42.0 Å². The molecule has 8 nitrogen and oxygen atoms in total. The molecular formula is C4H7N7O. The number of fused-ring (bicyclic) bond motifs is 2. The maximum absolute atomic E-state index is 4.53. The second-order valence-corrected chi connectivity index (χ2v) is 2.62. The minimum atomic E-state index is 0.0457. The highest BCUT2D eigenvalue weighted by molar-refractivity contribution is 5.61. The van der Waals surface area contributed by atoms with E-state index in [0.717, 1.165) is 0 Å².